The van der Waals surface area contributed by atoms with Crippen LogP contribution in [-0.2, 0) is 14.3 Å². The molecule has 1 aliphatic heterocycles. The average Bonchev–Trinajstić information content (AvgIpc) is 2.91. The fraction of sp³-hybridized carbons (Fsp3) is 0.889. The number of carbonyl (C=O) groups is 2. The molecule has 2 aliphatic carbocycles. The summed E-state index contributed by atoms with van der Waals surface area (Å²) in [5.74, 6) is 1.97. The van der Waals surface area contributed by atoms with Gasteiger partial charge in [-0.1, -0.05) is 20.8 Å². The van der Waals surface area contributed by atoms with Crippen LogP contribution in [0.5, 0.6) is 0 Å². The Morgan fingerprint density at radius 2 is 2.10 bits per heavy atom. The summed E-state index contributed by atoms with van der Waals surface area (Å²) in [7, 11) is 0. The van der Waals surface area contributed by atoms with E-state index in [2.05, 4.69) is 13.8 Å². The van der Waals surface area contributed by atoms with Gasteiger partial charge in [-0.05, 0) is 55.8 Å². The summed E-state index contributed by atoms with van der Waals surface area (Å²) in [4.78, 5) is 23.8. The minimum Gasteiger partial charge on any atom is -0.462 e. The SMILES string of the molecule is C[C@H](CC1C[C@H](C)C(=O)O1)C1CCC2C(=O)CCCC21C. The molecular weight excluding hydrogens is 264 g/mol. The van der Waals surface area contributed by atoms with Gasteiger partial charge in [0, 0.05) is 12.3 Å². The Morgan fingerprint density at radius 1 is 1.33 bits per heavy atom. The summed E-state index contributed by atoms with van der Waals surface area (Å²) >= 11 is 0. The summed E-state index contributed by atoms with van der Waals surface area (Å²) in [5.41, 5.74) is 0.197. The monoisotopic (exact) mass is 292 g/mol. The van der Waals surface area contributed by atoms with Crippen molar-refractivity contribution < 1.29 is 14.3 Å². The van der Waals surface area contributed by atoms with Crippen LogP contribution in [-0.4, -0.2) is 17.9 Å². The van der Waals surface area contributed by atoms with E-state index in [-0.39, 0.29) is 23.4 Å². The predicted molar refractivity (Wildman–Crippen MR) is 80.6 cm³/mol. The van der Waals surface area contributed by atoms with Gasteiger partial charge in [-0.2, -0.15) is 0 Å². The molecule has 0 bridgehead atoms. The van der Waals surface area contributed by atoms with E-state index in [0.717, 1.165) is 32.1 Å². The number of ketones is 1. The van der Waals surface area contributed by atoms with Gasteiger partial charge in [-0.25, -0.2) is 0 Å². The second-order valence-corrected chi connectivity index (χ2v) is 7.97. The number of esters is 1. The highest BCUT2D eigenvalue weighted by molar-refractivity contribution is 5.83. The van der Waals surface area contributed by atoms with Crippen molar-refractivity contribution in [2.45, 2.75) is 71.8 Å². The normalized spacial score (nSPS) is 44.5. The van der Waals surface area contributed by atoms with E-state index < -0.39 is 0 Å². The maximum Gasteiger partial charge on any atom is 0.309 e. The molecule has 0 aromatic rings. The second kappa shape index (κ2) is 5.40. The highest BCUT2D eigenvalue weighted by Crippen LogP contribution is 2.57. The van der Waals surface area contributed by atoms with Gasteiger partial charge >= 0.3 is 5.97 Å². The van der Waals surface area contributed by atoms with E-state index in [0.29, 0.717) is 23.5 Å². The van der Waals surface area contributed by atoms with E-state index in [4.69, 9.17) is 4.74 Å². The fourth-order valence-electron chi connectivity index (χ4n) is 5.45. The summed E-state index contributed by atoms with van der Waals surface area (Å²) in [6.45, 7) is 6.60. The maximum atomic E-state index is 12.2. The van der Waals surface area contributed by atoms with Gasteiger partial charge in [0.05, 0.1) is 5.92 Å². The molecule has 1 heterocycles. The van der Waals surface area contributed by atoms with Gasteiger partial charge in [0.25, 0.3) is 0 Å². The molecule has 3 nitrogen and oxygen atoms in total. The van der Waals surface area contributed by atoms with E-state index in [9.17, 15) is 9.59 Å². The van der Waals surface area contributed by atoms with E-state index in [1.54, 1.807) is 0 Å². The first-order valence-electron chi connectivity index (χ1n) is 8.65. The van der Waals surface area contributed by atoms with Crippen LogP contribution in [0.1, 0.15) is 65.7 Å². The number of hydrogen-bond donors (Lipinski definition) is 0. The van der Waals surface area contributed by atoms with Gasteiger partial charge in [-0.15, -0.1) is 0 Å². The Morgan fingerprint density at radius 3 is 2.76 bits per heavy atom. The highest BCUT2D eigenvalue weighted by atomic mass is 16.5. The highest BCUT2D eigenvalue weighted by Gasteiger charge is 2.52. The number of rotatable bonds is 3. The van der Waals surface area contributed by atoms with E-state index >= 15 is 0 Å². The van der Waals surface area contributed by atoms with Crippen molar-refractivity contribution in [3.05, 3.63) is 0 Å². The second-order valence-electron chi connectivity index (χ2n) is 7.97. The van der Waals surface area contributed by atoms with Crippen molar-refractivity contribution in [1.82, 2.24) is 0 Å². The van der Waals surface area contributed by atoms with Gasteiger partial charge < -0.3 is 4.74 Å². The quantitative estimate of drug-likeness (QED) is 0.744. The molecule has 0 N–H and O–H groups in total. The molecule has 3 rings (SSSR count). The Balaban J connectivity index is 1.66. The van der Waals surface area contributed by atoms with Crippen LogP contribution in [0.2, 0.25) is 0 Å². The fourth-order valence-corrected chi connectivity index (χ4v) is 5.45. The van der Waals surface area contributed by atoms with Crippen LogP contribution in [0.3, 0.4) is 0 Å². The molecule has 118 valence electrons. The van der Waals surface area contributed by atoms with Gasteiger partial charge in [0.2, 0.25) is 0 Å². The largest absolute Gasteiger partial charge is 0.462 e. The van der Waals surface area contributed by atoms with Crippen LogP contribution in [0, 0.1) is 29.1 Å². The lowest BCUT2D eigenvalue weighted by atomic mass is 9.62. The number of carbonyl (C=O) groups excluding carboxylic acids is 2. The Kier molecular flexibility index (Phi) is 3.87. The summed E-state index contributed by atoms with van der Waals surface area (Å²) < 4.78 is 5.49. The molecule has 21 heavy (non-hydrogen) atoms. The van der Waals surface area contributed by atoms with Gasteiger partial charge in [0.1, 0.15) is 11.9 Å². The number of fused-ring (bicyclic) bond motifs is 1. The molecular formula is C18H28O3. The Hall–Kier alpha value is -0.860. The van der Waals surface area contributed by atoms with Crippen molar-refractivity contribution in [2.75, 3.05) is 0 Å². The smallest absolute Gasteiger partial charge is 0.309 e. The Bertz CT molecular complexity index is 444. The molecule has 4 unspecified atom stereocenters. The van der Waals surface area contributed by atoms with Crippen molar-refractivity contribution in [2.24, 2.45) is 29.1 Å². The molecule has 0 spiro atoms. The van der Waals surface area contributed by atoms with Crippen molar-refractivity contribution in [1.29, 1.82) is 0 Å². The van der Waals surface area contributed by atoms with Gasteiger partial charge in [-0.3, -0.25) is 9.59 Å². The van der Waals surface area contributed by atoms with E-state index in [1.165, 1.54) is 12.8 Å². The minimum absolute atomic E-state index is 0.0319. The average molecular weight is 292 g/mol. The van der Waals surface area contributed by atoms with Gasteiger partial charge in [0.15, 0.2) is 0 Å². The first-order valence-corrected chi connectivity index (χ1v) is 8.65. The van der Waals surface area contributed by atoms with Crippen LogP contribution in [0.4, 0.5) is 0 Å². The number of Topliss-reactive ketones (excluding diaryl/α,β-unsaturated/α-hetero) is 1. The van der Waals surface area contributed by atoms with Crippen molar-refractivity contribution in [3.8, 4) is 0 Å². The third kappa shape index (κ3) is 2.53. The number of cyclic esters (lactones) is 1. The van der Waals surface area contributed by atoms with Crippen LogP contribution >= 0.6 is 0 Å². The lowest BCUT2D eigenvalue weighted by Gasteiger charge is -2.42. The molecule has 3 fully saturated rings. The summed E-state index contributed by atoms with van der Waals surface area (Å²) in [6, 6.07) is 0. The predicted octanol–water partition coefficient (Wildman–Crippen LogP) is 3.75. The molecule has 0 radical (unpaired) electrons. The lowest BCUT2D eigenvalue weighted by molar-refractivity contribution is -0.144. The zero-order chi connectivity index (χ0) is 15.2. The Labute approximate surface area is 127 Å². The van der Waals surface area contributed by atoms with Crippen LogP contribution in [0.25, 0.3) is 0 Å². The molecule has 2 saturated carbocycles. The molecule has 1 saturated heterocycles. The first-order chi connectivity index (χ1) is 9.91. The third-order valence-electron chi connectivity index (χ3n) is 6.56. The third-order valence-corrected chi connectivity index (χ3v) is 6.56. The molecule has 0 aromatic heterocycles. The summed E-state index contributed by atoms with van der Waals surface area (Å²) in [6.07, 6.45) is 7.23. The van der Waals surface area contributed by atoms with Crippen molar-refractivity contribution >= 4 is 11.8 Å². The molecule has 3 heteroatoms. The molecule has 3 aliphatic rings. The zero-order valence-electron chi connectivity index (χ0n) is 13.6. The first kappa shape index (κ1) is 15.1. The minimum atomic E-state index is -0.0319. The van der Waals surface area contributed by atoms with Crippen LogP contribution in [0.15, 0.2) is 0 Å². The molecule has 0 amide bonds. The molecule has 6 atom stereocenters. The topological polar surface area (TPSA) is 43.4 Å². The lowest BCUT2D eigenvalue weighted by Crippen LogP contribution is -2.39. The van der Waals surface area contributed by atoms with Crippen molar-refractivity contribution in [3.63, 3.8) is 0 Å². The zero-order valence-corrected chi connectivity index (χ0v) is 13.6. The van der Waals surface area contributed by atoms with Crippen LogP contribution < -0.4 is 0 Å². The number of hydrogen-bond acceptors (Lipinski definition) is 3. The standard InChI is InChI=1S/C18H28O3/c1-11(9-13-10-12(2)17(20)21-13)14-6-7-15-16(19)5-4-8-18(14,15)3/h11-15H,4-10H2,1-3H3/t11-,12+,13?,14?,15?,18?/m1/s1. The molecule has 0 aromatic carbocycles. The number of ether oxygens (including phenoxy) is 1. The maximum absolute atomic E-state index is 12.2. The summed E-state index contributed by atoms with van der Waals surface area (Å²) in [5, 5.41) is 0. The van der Waals surface area contributed by atoms with E-state index in [1.807, 2.05) is 6.92 Å².